The molecule has 21 heavy (non-hydrogen) atoms. The van der Waals surface area contributed by atoms with Crippen LogP contribution in [0.15, 0.2) is 12.1 Å². The largest absolute Gasteiger partial charge is 0.481 e. The quantitative estimate of drug-likeness (QED) is 0.403. The molecule has 1 amide bonds. The second kappa shape index (κ2) is 7.75. The average Bonchev–Trinajstić information content (AvgIpc) is 2.31. The molecule has 1 aromatic carbocycles. The maximum Gasteiger partial charge on any atom is 0.305 e. The minimum atomic E-state index is -0.899. The molecule has 1 rings (SSSR count). The van der Waals surface area contributed by atoms with E-state index in [0.29, 0.717) is 5.56 Å². The third-order valence-electron chi connectivity index (χ3n) is 2.83. The first-order chi connectivity index (χ1) is 9.54. The molecule has 0 aliphatic heterocycles. The van der Waals surface area contributed by atoms with Crippen LogP contribution in [0.2, 0.25) is 0 Å². The van der Waals surface area contributed by atoms with Crippen LogP contribution in [-0.2, 0) is 4.79 Å². The molecule has 0 saturated heterocycles. The van der Waals surface area contributed by atoms with Crippen molar-refractivity contribution < 1.29 is 14.7 Å². The van der Waals surface area contributed by atoms with Gasteiger partial charge in [-0.3, -0.25) is 9.59 Å². The van der Waals surface area contributed by atoms with Gasteiger partial charge in [0.1, 0.15) is 0 Å². The zero-order valence-corrected chi connectivity index (χ0v) is 18.4. The third-order valence-corrected chi connectivity index (χ3v) is 6.50. The molecular formula is C14H16I3NO3. The van der Waals surface area contributed by atoms with E-state index in [1.165, 1.54) is 0 Å². The van der Waals surface area contributed by atoms with Crippen molar-refractivity contribution in [1.29, 1.82) is 0 Å². The predicted octanol–water partition coefficient (Wildman–Crippen LogP) is 4.22. The van der Waals surface area contributed by atoms with Crippen LogP contribution < -0.4 is 0 Å². The molecule has 0 heterocycles. The number of carbonyl (C=O) groups is 2. The van der Waals surface area contributed by atoms with Crippen LogP contribution in [-0.4, -0.2) is 34.0 Å². The van der Waals surface area contributed by atoms with Crippen LogP contribution in [0.3, 0.4) is 0 Å². The number of carboxylic acid groups (broad SMARTS) is 1. The standard InChI is InChI=1S/C14H16I3NO3/c1-14(2,3)18(5-4-11(19)20)13(21)9-6-8(15)7-10(16)12(9)17/h6-7H,4-5H2,1-3H3,(H,19,20). The molecule has 116 valence electrons. The lowest BCUT2D eigenvalue weighted by Crippen LogP contribution is -2.47. The minimum Gasteiger partial charge on any atom is -0.481 e. The summed E-state index contributed by atoms with van der Waals surface area (Å²) in [6, 6.07) is 3.87. The van der Waals surface area contributed by atoms with Gasteiger partial charge in [0.05, 0.1) is 12.0 Å². The van der Waals surface area contributed by atoms with Gasteiger partial charge in [0, 0.05) is 22.8 Å². The van der Waals surface area contributed by atoms with Crippen molar-refractivity contribution in [3.05, 3.63) is 28.4 Å². The van der Waals surface area contributed by atoms with Crippen molar-refractivity contribution in [2.24, 2.45) is 0 Å². The molecule has 0 radical (unpaired) electrons. The first-order valence-electron chi connectivity index (χ1n) is 6.22. The van der Waals surface area contributed by atoms with Crippen molar-refractivity contribution in [1.82, 2.24) is 4.90 Å². The Morgan fingerprint density at radius 1 is 1.19 bits per heavy atom. The number of carboxylic acids is 1. The van der Waals surface area contributed by atoms with Crippen LogP contribution in [0.5, 0.6) is 0 Å². The van der Waals surface area contributed by atoms with Crippen LogP contribution in [0.25, 0.3) is 0 Å². The molecule has 0 fully saturated rings. The molecule has 0 aromatic heterocycles. The summed E-state index contributed by atoms with van der Waals surface area (Å²) in [5.74, 6) is -1.02. The number of amides is 1. The number of hydrogen-bond acceptors (Lipinski definition) is 2. The van der Waals surface area contributed by atoms with E-state index < -0.39 is 11.5 Å². The van der Waals surface area contributed by atoms with Gasteiger partial charge in [0.2, 0.25) is 0 Å². The van der Waals surface area contributed by atoms with E-state index in [4.69, 9.17) is 5.11 Å². The van der Waals surface area contributed by atoms with Crippen LogP contribution in [0, 0.1) is 10.7 Å². The highest BCUT2D eigenvalue weighted by molar-refractivity contribution is 14.1. The summed E-state index contributed by atoms with van der Waals surface area (Å²) in [5.41, 5.74) is 0.203. The first kappa shape index (κ1) is 19.4. The molecule has 0 spiro atoms. The fraction of sp³-hybridized carbons (Fsp3) is 0.429. The summed E-state index contributed by atoms with van der Waals surface area (Å²) in [5, 5.41) is 8.88. The van der Waals surface area contributed by atoms with Crippen LogP contribution >= 0.6 is 67.8 Å². The Labute approximate surface area is 165 Å². The molecule has 4 nitrogen and oxygen atoms in total. The van der Waals surface area contributed by atoms with E-state index in [9.17, 15) is 9.59 Å². The maximum absolute atomic E-state index is 12.9. The van der Waals surface area contributed by atoms with Gasteiger partial charge in [-0.25, -0.2) is 0 Å². The normalized spacial score (nSPS) is 11.3. The monoisotopic (exact) mass is 627 g/mol. The van der Waals surface area contributed by atoms with Crippen molar-refractivity contribution in [2.45, 2.75) is 32.7 Å². The van der Waals surface area contributed by atoms with Crippen LogP contribution in [0.4, 0.5) is 0 Å². The van der Waals surface area contributed by atoms with Gasteiger partial charge in [0.15, 0.2) is 0 Å². The van der Waals surface area contributed by atoms with Crippen molar-refractivity contribution >= 4 is 79.6 Å². The molecule has 1 N–H and O–H groups in total. The number of nitrogens with zero attached hydrogens (tertiary/aromatic N) is 1. The Balaban J connectivity index is 3.20. The first-order valence-corrected chi connectivity index (χ1v) is 9.46. The van der Waals surface area contributed by atoms with Gasteiger partial charge in [-0.2, -0.15) is 0 Å². The molecule has 0 atom stereocenters. The number of benzene rings is 1. The van der Waals surface area contributed by atoms with Gasteiger partial charge in [-0.15, -0.1) is 0 Å². The van der Waals surface area contributed by atoms with E-state index in [1.54, 1.807) is 4.90 Å². The smallest absolute Gasteiger partial charge is 0.305 e. The lowest BCUT2D eigenvalue weighted by Gasteiger charge is -2.36. The fourth-order valence-corrected chi connectivity index (χ4v) is 4.19. The third kappa shape index (κ3) is 5.48. The van der Waals surface area contributed by atoms with Gasteiger partial charge in [-0.05, 0) is 101 Å². The van der Waals surface area contributed by atoms with Crippen molar-refractivity contribution in [3.8, 4) is 0 Å². The minimum absolute atomic E-state index is 0.0550. The number of carbonyl (C=O) groups excluding carboxylic acids is 1. The zero-order valence-electron chi connectivity index (χ0n) is 11.9. The zero-order chi connectivity index (χ0) is 16.4. The SMILES string of the molecule is CC(C)(C)N(CCC(=O)O)C(=O)c1cc(I)cc(I)c1I. The summed E-state index contributed by atoms with van der Waals surface area (Å²) in [6.07, 6.45) is -0.0550. The second-order valence-electron chi connectivity index (χ2n) is 5.52. The van der Waals surface area contributed by atoms with E-state index >= 15 is 0 Å². The number of hydrogen-bond donors (Lipinski definition) is 1. The second-order valence-corrected chi connectivity index (χ2v) is 9.01. The Morgan fingerprint density at radius 3 is 2.24 bits per heavy atom. The van der Waals surface area contributed by atoms with Gasteiger partial charge in [-0.1, -0.05) is 0 Å². The summed E-state index contributed by atoms with van der Waals surface area (Å²) >= 11 is 6.56. The maximum atomic E-state index is 12.9. The Hall–Kier alpha value is 0.350. The predicted molar refractivity (Wildman–Crippen MR) is 108 cm³/mol. The number of aliphatic carboxylic acids is 1. The highest BCUT2D eigenvalue weighted by atomic mass is 127. The molecule has 1 aromatic rings. The lowest BCUT2D eigenvalue weighted by molar-refractivity contribution is -0.137. The molecule has 0 saturated carbocycles. The van der Waals surface area contributed by atoms with Gasteiger partial charge in [0.25, 0.3) is 5.91 Å². The van der Waals surface area contributed by atoms with E-state index in [0.717, 1.165) is 10.7 Å². The topological polar surface area (TPSA) is 57.6 Å². The Morgan fingerprint density at radius 2 is 1.76 bits per heavy atom. The fourth-order valence-electron chi connectivity index (χ4n) is 1.81. The van der Waals surface area contributed by atoms with Crippen molar-refractivity contribution in [2.75, 3.05) is 6.54 Å². The summed E-state index contributed by atoms with van der Waals surface area (Å²) in [4.78, 5) is 25.3. The van der Waals surface area contributed by atoms with Crippen LogP contribution in [0.1, 0.15) is 37.6 Å². The Bertz CT molecular complexity index is 567. The van der Waals surface area contributed by atoms with E-state index in [-0.39, 0.29) is 18.9 Å². The number of rotatable bonds is 4. The highest BCUT2D eigenvalue weighted by Crippen LogP contribution is 2.26. The van der Waals surface area contributed by atoms with E-state index in [2.05, 4.69) is 67.8 Å². The van der Waals surface area contributed by atoms with Gasteiger partial charge >= 0.3 is 5.97 Å². The van der Waals surface area contributed by atoms with Crippen molar-refractivity contribution in [3.63, 3.8) is 0 Å². The van der Waals surface area contributed by atoms with E-state index in [1.807, 2.05) is 32.9 Å². The lowest BCUT2D eigenvalue weighted by atomic mass is 10.0. The molecule has 0 bridgehead atoms. The summed E-state index contributed by atoms with van der Waals surface area (Å²) < 4.78 is 2.92. The molecule has 0 aliphatic carbocycles. The summed E-state index contributed by atoms with van der Waals surface area (Å²) in [7, 11) is 0. The van der Waals surface area contributed by atoms with Gasteiger partial charge < -0.3 is 10.0 Å². The summed E-state index contributed by atoms with van der Waals surface area (Å²) in [6.45, 7) is 5.95. The molecule has 7 heteroatoms. The number of halogens is 3. The molecule has 0 aliphatic rings. The highest BCUT2D eigenvalue weighted by Gasteiger charge is 2.29. The average molecular weight is 627 g/mol. The molecular weight excluding hydrogens is 611 g/mol. The Kier molecular flexibility index (Phi) is 7.16. The molecule has 0 unspecified atom stereocenters.